The zero-order valence-electron chi connectivity index (χ0n) is 25.9. The SMILES string of the molecule is CNc1ncc(/C=C/CCCCC(=O)NC2CCCCC2)c2n[nH]c(-c3ccc(CNC(=O)c4cc(F)ccc4OC)cc3)c12. The first-order chi connectivity index (χ1) is 22.0. The van der Waals surface area contributed by atoms with Crippen LogP contribution in [0.15, 0.2) is 54.7 Å². The predicted octanol–water partition coefficient (Wildman–Crippen LogP) is 6.77. The minimum Gasteiger partial charge on any atom is -0.496 e. The van der Waals surface area contributed by atoms with Crippen LogP contribution in [0.1, 0.15) is 79.3 Å². The average Bonchev–Trinajstić information content (AvgIpc) is 3.51. The number of aromatic amines is 1. The Morgan fingerprint density at radius 3 is 2.64 bits per heavy atom. The van der Waals surface area contributed by atoms with Crippen molar-refractivity contribution in [2.24, 2.45) is 0 Å². The standard InChI is InChI=1S/C35H41FN6O3/c1-37-34-31-32(24-16-14-23(15-17-24)21-39-35(44)28-20-26(36)18-19-29(28)45-2)41-42-33(31)25(22-38-34)10-6-3-4-9-13-30(43)40-27-11-7-5-8-12-27/h6,10,14-20,22,27H,3-5,7-9,11-13,21H2,1-2H3,(H,37,38)(H,39,44)(H,40,43)(H,41,42)/b10-6+. The monoisotopic (exact) mass is 612 g/mol. The van der Waals surface area contributed by atoms with E-state index in [0.29, 0.717) is 18.2 Å². The number of rotatable bonds is 13. The van der Waals surface area contributed by atoms with Gasteiger partial charge < -0.3 is 20.7 Å². The van der Waals surface area contributed by atoms with Crippen LogP contribution >= 0.6 is 0 Å². The Morgan fingerprint density at radius 2 is 1.89 bits per heavy atom. The number of nitrogens with zero attached hydrogens (tertiary/aromatic N) is 2. The van der Waals surface area contributed by atoms with Gasteiger partial charge in [-0.15, -0.1) is 0 Å². The molecule has 0 unspecified atom stereocenters. The first-order valence-corrected chi connectivity index (χ1v) is 15.7. The summed E-state index contributed by atoms with van der Waals surface area (Å²) in [4.78, 5) is 29.6. The molecule has 45 heavy (non-hydrogen) atoms. The fourth-order valence-electron chi connectivity index (χ4n) is 5.79. The molecule has 2 amide bonds. The molecule has 1 saturated carbocycles. The van der Waals surface area contributed by atoms with Crippen LogP contribution in [0.3, 0.4) is 0 Å². The molecule has 0 atom stereocenters. The van der Waals surface area contributed by atoms with Crippen LogP contribution in [-0.2, 0) is 11.3 Å². The van der Waals surface area contributed by atoms with Crippen LogP contribution in [0, 0.1) is 5.82 Å². The number of fused-ring (bicyclic) bond motifs is 1. The number of ether oxygens (including phenoxy) is 1. The van der Waals surface area contributed by atoms with Gasteiger partial charge >= 0.3 is 0 Å². The summed E-state index contributed by atoms with van der Waals surface area (Å²) in [6, 6.07) is 12.0. The zero-order chi connectivity index (χ0) is 31.6. The van der Waals surface area contributed by atoms with Crippen LogP contribution in [0.4, 0.5) is 10.2 Å². The molecule has 0 saturated heterocycles. The van der Waals surface area contributed by atoms with Crippen LogP contribution in [0.25, 0.3) is 28.2 Å². The van der Waals surface area contributed by atoms with Gasteiger partial charge in [0.25, 0.3) is 5.91 Å². The van der Waals surface area contributed by atoms with Crippen molar-refractivity contribution in [2.75, 3.05) is 19.5 Å². The number of carbonyl (C=O) groups is 2. The van der Waals surface area contributed by atoms with Crippen molar-refractivity contribution in [2.45, 2.75) is 70.4 Å². The molecule has 236 valence electrons. The van der Waals surface area contributed by atoms with Gasteiger partial charge in [0, 0.05) is 43.4 Å². The summed E-state index contributed by atoms with van der Waals surface area (Å²) in [5.74, 6) is 0.283. The molecule has 4 N–H and O–H groups in total. The molecule has 2 heterocycles. The molecule has 0 spiro atoms. The van der Waals surface area contributed by atoms with Gasteiger partial charge in [0.2, 0.25) is 5.91 Å². The van der Waals surface area contributed by atoms with E-state index in [1.807, 2.05) is 43.6 Å². The van der Waals surface area contributed by atoms with Crippen molar-refractivity contribution in [1.82, 2.24) is 25.8 Å². The maximum atomic E-state index is 13.7. The molecule has 1 aliphatic carbocycles. The van der Waals surface area contributed by atoms with E-state index in [-0.39, 0.29) is 18.0 Å². The number of carbonyl (C=O) groups excluding carboxylic acids is 2. The van der Waals surface area contributed by atoms with Gasteiger partial charge in [0.05, 0.1) is 23.8 Å². The summed E-state index contributed by atoms with van der Waals surface area (Å²) in [5, 5.41) is 17.9. The highest BCUT2D eigenvalue weighted by atomic mass is 19.1. The smallest absolute Gasteiger partial charge is 0.255 e. The van der Waals surface area contributed by atoms with Crippen LogP contribution < -0.4 is 20.7 Å². The van der Waals surface area contributed by atoms with Crippen LogP contribution in [0.2, 0.25) is 0 Å². The quantitative estimate of drug-likeness (QED) is 0.124. The number of H-pyrrole nitrogens is 1. The average molecular weight is 613 g/mol. The van der Waals surface area contributed by atoms with E-state index in [1.165, 1.54) is 38.5 Å². The van der Waals surface area contributed by atoms with Crippen LogP contribution in [0.5, 0.6) is 5.75 Å². The van der Waals surface area contributed by atoms with Crippen molar-refractivity contribution < 1.29 is 18.7 Å². The summed E-state index contributed by atoms with van der Waals surface area (Å²) in [7, 11) is 3.27. The van der Waals surface area contributed by atoms with Gasteiger partial charge in [-0.2, -0.15) is 5.10 Å². The third kappa shape index (κ3) is 8.06. The molecule has 10 heteroatoms. The van der Waals surface area contributed by atoms with Crippen LogP contribution in [-0.4, -0.2) is 47.2 Å². The number of hydrogen-bond donors (Lipinski definition) is 4. The molecular weight excluding hydrogens is 571 g/mol. The molecule has 0 aliphatic heterocycles. The summed E-state index contributed by atoms with van der Waals surface area (Å²) >= 11 is 0. The molecule has 5 rings (SSSR count). The number of hydrogen-bond acceptors (Lipinski definition) is 6. The Kier molecular flexibility index (Phi) is 10.8. The maximum Gasteiger partial charge on any atom is 0.255 e. The number of nitrogens with one attached hydrogen (secondary N) is 4. The molecule has 1 fully saturated rings. The Balaban J connectivity index is 1.19. The Labute approximate surface area is 263 Å². The van der Waals surface area contributed by atoms with Gasteiger partial charge in [-0.3, -0.25) is 14.7 Å². The van der Waals surface area contributed by atoms with E-state index in [4.69, 9.17) is 4.74 Å². The Hall–Kier alpha value is -4.73. The topological polar surface area (TPSA) is 121 Å². The first-order valence-electron chi connectivity index (χ1n) is 15.7. The molecule has 0 bridgehead atoms. The van der Waals surface area contributed by atoms with Crippen molar-refractivity contribution in [1.29, 1.82) is 0 Å². The van der Waals surface area contributed by atoms with E-state index >= 15 is 0 Å². The highest BCUT2D eigenvalue weighted by Gasteiger charge is 2.17. The number of aromatic nitrogens is 3. The number of halogens is 1. The van der Waals surface area contributed by atoms with Crippen molar-refractivity contribution in [3.63, 3.8) is 0 Å². The lowest BCUT2D eigenvalue weighted by Gasteiger charge is -2.22. The highest BCUT2D eigenvalue weighted by molar-refractivity contribution is 6.03. The summed E-state index contributed by atoms with van der Waals surface area (Å²) < 4.78 is 18.9. The van der Waals surface area contributed by atoms with E-state index in [1.54, 1.807) is 0 Å². The predicted molar refractivity (Wildman–Crippen MR) is 176 cm³/mol. The minimum absolute atomic E-state index is 0.146. The van der Waals surface area contributed by atoms with Crippen molar-refractivity contribution in [3.8, 4) is 17.0 Å². The molecule has 4 aromatic rings. The third-order valence-corrected chi connectivity index (χ3v) is 8.24. The van der Waals surface area contributed by atoms with Crippen molar-refractivity contribution in [3.05, 3.63) is 77.2 Å². The molecule has 2 aromatic heterocycles. The second kappa shape index (κ2) is 15.3. The lowest BCUT2D eigenvalue weighted by atomic mass is 9.95. The fourth-order valence-corrected chi connectivity index (χ4v) is 5.79. The van der Waals surface area contributed by atoms with Crippen molar-refractivity contribution >= 4 is 34.6 Å². The summed E-state index contributed by atoms with van der Waals surface area (Å²) in [5.41, 5.74) is 4.51. The first kappa shape index (κ1) is 31.7. The normalized spacial score (nSPS) is 13.7. The lowest BCUT2D eigenvalue weighted by molar-refractivity contribution is -0.122. The fraction of sp³-hybridized carbons (Fsp3) is 0.371. The largest absolute Gasteiger partial charge is 0.496 e. The van der Waals surface area contributed by atoms with Gasteiger partial charge in [-0.25, -0.2) is 9.37 Å². The van der Waals surface area contributed by atoms with E-state index in [2.05, 4.69) is 37.2 Å². The summed E-state index contributed by atoms with van der Waals surface area (Å²) in [6.07, 6.45) is 15.1. The molecule has 9 nitrogen and oxygen atoms in total. The van der Waals surface area contributed by atoms with Gasteiger partial charge in [-0.05, 0) is 55.9 Å². The zero-order valence-corrected chi connectivity index (χ0v) is 25.9. The number of anilines is 1. The Morgan fingerprint density at radius 1 is 1.09 bits per heavy atom. The number of pyridine rings is 1. The number of amides is 2. The minimum atomic E-state index is -0.503. The number of unbranched alkanes of at least 4 members (excludes halogenated alkanes) is 2. The second-order valence-corrected chi connectivity index (χ2v) is 11.4. The molecule has 1 aliphatic rings. The molecule has 2 aromatic carbocycles. The third-order valence-electron chi connectivity index (χ3n) is 8.24. The highest BCUT2D eigenvalue weighted by Crippen LogP contribution is 2.33. The summed E-state index contributed by atoms with van der Waals surface area (Å²) in [6.45, 7) is 0.270. The molecular formula is C35H41FN6O3. The number of allylic oxidation sites excluding steroid dienone is 1. The number of methoxy groups -OCH3 is 1. The van der Waals surface area contributed by atoms with Gasteiger partial charge in [0.15, 0.2) is 0 Å². The molecule has 0 radical (unpaired) electrons. The van der Waals surface area contributed by atoms with E-state index in [9.17, 15) is 14.0 Å². The maximum absolute atomic E-state index is 13.7. The number of benzene rings is 2. The lowest BCUT2D eigenvalue weighted by Crippen LogP contribution is -2.35. The Bertz CT molecular complexity index is 1640. The van der Waals surface area contributed by atoms with E-state index < -0.39 is 11.7 Å². The van der Waals surface area contributed by atoms with E-state index in [0.717, 1.165) is 77.3 Å². The van der Waals surface area contributed by atoms with Gasteiger partial charge in [-0.1, -0.05) is 55.7 Å². The van der Waals surface area contributed by atoms with Gasteiger partial charge in [0.1, 0.15) is 22.9 Å². The second-order valence-electron chi connectivity index (χ2n) is 11.4.